The van der Waals surface area contributed by atoms with Gasteiger partial charge in [-0.05, 0) is 31.9 Å². The number of carboxylic acids is 1. The van der Waals surface area contributed by atoms with Crippen molar-refractivity contribution in [3.8, 4) is 6.07 Å². The fourth-order valence-electron chi connectivity index (χ4n) is 2.21. The highest BCUT2D eigenvalue weighted by Crippen LogP contribution is 2.26. The molecule has 0 amide bonds. The predicted molar refractivity (Wildman–Crippen MR) is 61.7 cm³/mol. The Labute approximate surface area is 99.3 Å². The van der Waals surface area contributed by atoms with Crippen molar-refractivity contribution in [3.05, 3.63) is 23.5 Å². The van der Waals surface area contributed by atoms with E-state index in [0.717, 1.165) is 17.8 Å². The lowest BCUT2D eigenvalue weighted by Crippen LogP contribution is -2.36. The van der Waals surface area contributed by atoms with Crippen LogP contribution in [0.1, 0.15) is 24.2 Å². The molecule has 1 atom stereocenters. The summed E-state index contributed by atoms with van der Waals surface area (Å²) in [7, 11) is 0. The largest absolute Gasteiger partial charge is 0.480 e. The molecule has 1 aromatic heterocycles. The Morgan fingerprint density at radius 2 is 2.41 bits per heavy atom. The SMILES string of the molecule is Cc1cc(N2CCC[C@H]2C(=O)O)cc(C#N)n1. The van der Waals surface area contributed by atoms with Gasteiger partial charge in [0.1, 0.15) is 17.8 Å². The monoisotopic (exact) mass is 231 g/mol. The van der Waals surface area contributed by atoms with Crippen molar-refractivity contribution in [1.82, 2.24) is 4.98 Å². The van der Waals surface area contributed by atoms with Crippen molar-refractivity contribution in [2.24, 2.45) is 0 Å². The summed E-state index contributed by atoms with van der Waals surface area (Å²) in [6.07, 6.45) is 1.51. The summed E-state index contributed by atoms with van der Waals surface area (Å²) < 4.78 is 0. The molecule has 2 heterocycles. The number of nitrogens with zero attached hydrogens (tertiary/aromatic N) is 3. The standard InChI is InChI=1S/C12H13N3O2/c1-8-5-10(6-9(7-13)14-8)15-4-2-3-11(15)12(16)17/h5-6,11H,2-4H2,1H3,(H,16,17)/t11-/m0/s1. The lowest BCUT2D eigenvalue weighted by atomic mass is 10.2. The van der Waals surface area contributed by atoms with E-state index in [9.17, 15) is 4.79 Å². The normalized spacial score (nSPS) is 19.1. The van der Waals surface area contributed by atoms with Gasteiger partial charge in [-0.25, -0.2) is 9.78 Å². The molecule has 1 N–H and O–H groups in total. The number of aliphatic carboxylic acids is 1. The number of aryl methyl sites for hydroxylation is 1. The number of anilines is 1. The number of carbonyl (C=O) groups is 1. The smallest absolute Gasteiger partial charge is 0.326 e. The number of rotatable bonds is 2. The molecule has 0 aliphatic carbocycles. The Morgan fingerprint density at radius 3 is 3.06 bits per heavy atom. The van der Waals surface area contributed by atoms with E-state index in [-0.39, 0.29) is 0 Å². The summed E-state index contributed by atoms with van der Waals surface area (Å²) in [5.41, 5.74) is 1.84. The second kappa shape index (κ2) is 4.42. The number of carboxylic acid groups (broad SMARTS) is 1. The molecule has 0 radical (unpaired) electrons. The van der Waals surface area contributed by atoms with Gasteiger partial charge in [-0.15, -0.1) is 0 Å². The van der Waals surface area contributed by atoms with Crippen molar-refractivity contribution < 1.29 is 9.90 Å². The van der Waals surface area contributed by atoms with Gasteiger partial charge in [-0.2, -0.15) is 5.26 Å². The molecule has 2 rings (SSSR count). The van der Waals surface area contributed by atoms with E-state index in [1.165, 1.54) is 0 Å². The maximum absolute atomic E-state index is 11.1. The van der Waals surface area contributed by atoms with Crippen LogP contribution < -0.4 is 4.90 Å². The van der Waals surface area contributed by atoms with Crippen LogP contribution in [0.5, 0.6) is 0 Å². The zero-order chi connectivity index (χ0) is 12.4. The van der Waals surface area contributed by atoms with Gasteiger partial charge in [-0.1, -0.05) is 0 Å². The third-order valence-corrected chi connectivity index (χ3v) is 2.92. The molecule has 1 aliphatic rings. The quantitative estimate of drug-likeness (QED) is 0.830. The van der Waals surface area contributed by atoms with Gasteiger partial charge in [0.15, 0.2) is 0 Å². The molecule has 88 valence electrons. The molecule has 1 aliphatic heterocycles. The topological polar surface area (TPSA) is 77.2 Å². The highest BCUT2D eigenvalue weighted by Gasteiger charge is 2.30. The van der Waals surface area contributed by atoms with Crippen LogP contribution in [0.4, 0.5) is 5.69 Å². The van der Waals surface area contributed by atoms with Crippen molar-refractivity contribution in [1.29, 1.82) is 5.26 Å². The summed E-state index contributed by atoms with van der Waals surface area (Å²) in [5, 5.41) is 18.0. The Hall–Kier alpha value is -2.09. The molecule has 0 aromatic carbocycles. The Kier molecular flexibility index (Phi) is 2.96. The third-order valence-electron chi connectivity index (χ3n) is 2.92. The fourth-order valence-corrected chi connectivity index (χ4v) is 2.21. The minimum absolute atomic E-state index is 0.330. The van der Waals surface area contributed by atoms with Crippen molar-refractivity contribution in [2.75, 3.05) is 11.4 Å². The first-order valence-electron chi connectivity index (χ1n) is 5.50. The number of hydrogen-bond donors (Lipinski definition) is 1. The van der Waals surface area contributed by atoms with E-state index in [1.807, 2.05) is 17.0 Å². The van der Waals surface area contributed by atoms with E-state index >= 15 is 0 Å². The van der Waals surface area contributed by atoms with Crippen LogP contribution in [-0.2, 0) is 4.79 Å². The highest BCUT2D eigenvalue weighted by molar-refractivity contribution is 5.79. The van der Waals surface area contributed by atoms with E-state index in [4.69, 9.17) is 10.4 Å². The fraction of sp³-hybridized carbons (Fsp3) is 0.417. The van der Waals surface area contributed by atoms with E-state index in [1.54, 1.807) is 13.0 Å². The summed E-state index contributed by atoms with van der Waals surface area (Å²) in [5.74, 6) is -0.810. The maximum Gasteiger partial charge on any atom is 0.326 e. The number of aromatic nitrogens is 1. The second-order valence-electron chi connectivity index (χ2n) is 4.15. The first kappa shape index (κ1) is 11.4. The molecule has 0 bridgehead atoms. The van der Waals surface area contributed by atoms with Crippen LogP contribution in [0, 0.1) is 18.3 Å². The molecule has 0 spiro atoms. The average molecular weight is 231 g/mol. The van der Waals surface area contributed by atoms with E-state index < -0.39 is 12.0 Å². The molecule has 1 saturated heterocycles. The third kappa shape index (κ3) is 2.21. The van der Waals surface area contributed by atoms with Crippen LogP contribution in [0.25, 0.3) is 0 Å². The zero-order valence-electron chi connectivity index (χ0n) is 9.55. The minimum Gasteiger partial charge on any atom is -0.480 e. The van der Waals surface area contributed by atoms with Crippen LogP contribution in [0.2, 0.25) is 0 Å². The van der Waals surface area contributed by atoms with Gasteiger partial charge >= 0.3 is 5.97 Å². The van der Waals surface area contributed by atoms with Crippen molar-refractivity contribution in [3.63, 3.8) is 0 Å². The molecule has 0 unspecified atom stereocenters. The van der Waals surface area contributed by atoms with Crippen molar-refractivity contribution >= 4 is 11.7 Å². The summed E-state index contributed by atoms with van der Waals surface area (Å²) in [6, 6.07) is 4.98. The van der Waals surface area contributed by atoms with Gasteiger partial charge in [0.25, 0.3) is 0 Å². The molecular weight excluding hydrogens is 218 g/mol. The summed E-state index contributed by atoms with van der Waals surface area (Å²) in [4.78, 5) is 17.0. The van der Waals surface area contributed by atoms with Gasteiger partial charge in [-0.3, -0.25) is 0 Å². The molecule has 5 nitrogen and oxygen atoms in total. The number of pyridine rings is 1. The van der Waals surface area contributed by atoms with Gasteiger partial charge in [0.2, 0.25) is 0 Å². The molecule has 17 heavy (non-hydrogen) atoms. The number of nitriles is 1. The second-order valence-corrected chi connectivity index (χ2v) is 4.15. The Bertz CT molecular complexity index is 493. The number of hydrogen-bond acceptors (Lipinski definition) is 4. The van der Waals surface area contributed by atoms with E-state index in [0.29, 0.717) is 18.7 Å². The van der Waals surface area contributed by atoms with Crippen LogP contribution in [-0.4, -0.2) is 28.6 Å². The lowest BCUT2D eigenvalue weighted by molar-refractivity contribution is -0.138. The zero-order valence-corrected chi connectivity index (χ0v) is 9.55. The molecule has 1 aromatic rings. The highest BCUT2D eigenvalue weighted by atomic mass is 16.4. The van der Waals surface area contributed by atoms with Crippen LogP contribution >= 0.6 is 0 Å². The first-order chi connectivity index (χ1) is 8.11. The predicted octanol–water partition coefficient (Wildman–Crippen LogP) is 1.32. The molecule has 0 saturated carbocycles. The molecular formula is C12H13N3O2. The first-order valence-corrected chi connectivity index (χ1v) is 5.50. The van der Waals surface area contributed by atoms with Gasteiger partial charge < -0.3 is 10.0 Å². The van der Waals surface area contributed by atoms with E-state index in [2.05, 4.69) is 4.98 Å². The van der Waals surface area contributed by atoms with Gasteiger partial charge in [0.05, 0.1) is 0 Å². The lowest BCUT2D eigenvalue weighted by Gasteiger charge is -2.23. The average Bonchev–Trinajstić information content (AvgIpc) is 2.77. The van der Waals surface area contributed by atoms with Gasteiger partial charge in [0, 0.05) is 17.9 Å². The van der Waals surface area contributed by atoms with Crippen molar-refractivity contribution in [2.45, 2.75) is 25.8 Å². The Balaban J connectivity index is 2.37. The van der Waals surface area contributed by atoms with Crippen LogP contribution in [0.15, 0.2) is 12.1 Å². The van der Waals surface area contributed by atoms with Crippen LogP contribution in [0.3, 0.4) is 0 Å². The minimum atomic E-state index is -0.810. The molecule has 5 heteroatoms. The maximum atomic E-state index is 11.1. The molecule has 1 fully saturated rings. The Morgan fingerprint density at radius 1 is 1.65 bits per heavy atom. The summed E-state index contributed by atoms with van der Waals surface area (Å²) >= 11 is 0. The summed E-state index contributed by atoms with van der Waals surface area (Å²) in [6.45, 7) is 2.52.